The van der Waals surface area contributed by atoms with Crippen molar-refractivity contribution in [2.24, 2.45) is 0 Å². The lowest BCUT2D eigenvalue weighted by Crippen LogP contribution is -2.68. The molecular weight excluding hydrogens is 367 g/mol. The van der Waals surface area contributed by atoms with Crippen molar-refractivity contribution in [1.82, 2.24) is 10.2 Å². The number of halogens is 1. The molecule has 1 heterocycles. The van der Waals surface area contributed by atoms with Crippen LogP contribution in [0.15, 0.2) is 24.3 Å². The van der Waals surface area contributed by atoms with Crippen LogP contribution in [-0.2, 0) is 16.1 Å². The molecule has 0 aliphatic carbocycles. The van der Waals surface area contributed by atoms with Crippen LogP contribution in [0.2, 0.25) is 0 Å². The van der Waals surface area contributed by atoms with Gasteiger partial charge >= 0.3 is 0 Å². The van der Waals surface area contributed by atoms with Gasteiger partial charge in [-0.15, -0.1) is 0 Å². The second kappa shape index (κ2) is 5.71. The summed E-state index contributed by atoms with van der Waals surface area (Å²) in [7, 11) is 0. The molecule has 1 aromatic carbocycles. The number of hydrogen-bond donors (Lipinski definition) is 1. The molecule has 2 amide bonds. The number of carbonyl (C=O) groups excluding carboxylic acids is 2. The lowest BCUT2D eigenvalue weighted by atomic mass is 9.90. The Bertz CT molecular complexity index is 529. The van der Waals surface area contributed by atoms with Gasteiger partial charge in [0.1, 0.15) is 11.6 Å². The Morgan fingerprint density at radius 3 is 2.45 bits per heavy atom. The van der Waals surface area contributed by atoms with Crippen molar-refractivity contribution < 1.29 is 9.59 Å². The van der Waals surface area contributed by atoms with Gasteiger partial charge in [0.25, 0.3) is 0 Å². The molecule has 1 saturated heterocycles. The molecule has 1 fully saturated rings. The van der Waals surface area contributed by atoms with Crippen LogP contribution >= 0.6 is 22.6 Å². The SMILES string of the molecule is CCC1(C)C(=O)NC(C)C(=O)N1Cc1ccc(I)cc1. The maximum atomic E-state index is 12.4. The molecule has 0 radical (unpaired) electrons. The fourth-order valence-corrected chi connectivity index (χ4v) is 2.75. The molecule has 0 spiro atoms. The Balaban J connectivity index is 2.31. The van der Waals surface area contributed by atoms with Crippen molar-refractivity contribution in [1.29, 1.82) is 0 Å². The molecule has 2 atom stereocenters. The molecule has 4 nitrogen and oxygen atoms in total. The second-order valence-corrected chi connectivity index (χ2v) is 6.62. The van der Waals surface area contributed by atoms with Crippen molar-refractivity contribution >= 4 is 34.4 Å². The van der Waals surface area contributed by atoms with Gasteiger partial charge in [0.2, 0.25) is 11.8 Å². The van der Waals surface area contributed by atoms with Crippen molar-refractivity contribution in [2.45, 2.75) is 45.3 Å². The maximum absolute atomic E-state index is 12.4. The minimum Gasteiger partial charge on any atom is -0.343 e. The van der Waals surface area contributed by atoms with Gasteiger partial charge in [-0.25, -0.2) is 0 Å². The molecule has 0 bridgehead atoms. The first-order valence-corrected chi connectivity index (χ1v) is 7.83. The van der Waals surface area contributed by atoms with E-state index in [0.29, 0.717) is 13.0 Å². The summed E-state index contributed by atoms with van der Waals surface area (Å²) in [6.07, 6.45) is 0.599. The van der Waals surface area contributed by atoms with Crippen molar-refractivity contribution in [3.63, 3.8) is 0 Å². The zero-order valence-electron chi connectivity index (χ0n) is 11.9. The van der Waals surface area contributed by atoms with Crippen LogP contribution < -0.4 is 5.32 Å². The van der Waals surface area contributed by atoms with Crippen LogP contribution in [-0.4, -0.2) is 28.3 Å². The third kappa shape index (κ3) is 2.68. The Labute approximate surface area is 133 Å². The van der Waals surface area contributed by atoms with Gasteiger partial charge in [-0.05, 0) is 60.6 Å². The third-order valence-corrected chi connectivity index (χ3v) is 4.73. The van der Waals surface area contributed by atoms with E-state index in [0.717, 1.165) is 9.13 Å². The molecule has 2 unspecified atom stereocenters. The van der Waals surface area contributed by atoms with Gasteiger partial charge in [-0.3, -0.25) is 9.59 Å². The molecule has 108 valence electrons. The number of piperazine rings is 1. The minimum absolute atomic E-state index is 0.0208. The number of hydrogen-bond acceptors (Lipinski definition) is 2. The molecule has 5 heteroatoms. The Kier molecular flexibility index (Phi) is 4.36. The highest BCUT2D eigenvalue weighted by Gasteiger charge is 2.46. The molecule has 0 saturated carbocycles. The molecule has 1 aliphatic heterocycles. The molecular formula is C15H19IN2O2. The molecule has 1 aliphatic rings. The van der Waals surface area contributed by atoms with Crippen LogP contribution in [0.25, 0.3) is 0 Å². The van der Waals surface area contributed by atoms with E-state index in [1.165, 1.54) is 0 Å². The van der Waals surface area contributed by atoms with Gasteiger partial charge < -0.3 is 10.2 Å². The van der Waals surface area contributed by atoms with E-state index in [4.69, 9.17) is 0 Å². The molecule has 1 N–H and O–H groups in total. The first-order chi connectivity index (χ1) is 9.38. The largest absolute Gasteiger partial charge is 0.343 e. The lowest BCUT2D eigenvalue weighted by Gasteiger charge is -2.45. The highest BCUT2D eigenvalue weighted by atomic mass is 127. The first kappa shape index (κ1) is 15.3. The standard InChI is InChI=1S/C15H19IN2O2/c1-4-15(3)14(20)17-10(2)13(19)18(15)9-11-5-7-12(16)8-6-11/h5-8,10H,4,9H2,1-3H3,(H,17,20). The Morgan fingerprint density at radius 2 is 1.90 bits per heavy atom. The number of nitrogens with zero attached hydrogens (tertiary/aromatic N) is 1. The van der Waals surface area contributed by atoms with Crippen LogP contribution in [0.4, 0.5) is 0 Å². The molecule has 20 heavy (non-hydrogen) atoms. The molecule has 1 aromatic rings. The summed E-state index contributed by atoms with van der Waals surface area (Å²) >= 11 is 2.25. The normalized spacial score (nSPS) is 26.6. The average molecular weight is 386 g/mol. The summed E-state index contributed by atoms with van der Waals surface area (Å²) in [4.78, 5) is 26.4. The van der Waals surface area contributed by atoms with E-state index in [9.17, 15) is 9.59 Å². The fourth-order valence-electron chi connectivity index (χ4n) is 2.39. The third-order valence-electron chi connectivity index (χ3n) is 4.01. The van der Waals surface area contributed by atoms with Crippen LogP contribution in [0.3, 0.4) is 0 Å². The van der Waals surface area contributed by atoms with E-state index in [-0.39, 0.29) is 11.8 Å². The van der Waals surface area contributed by atoms with Crippen molar-refractivity contribution in [3.05, 3.63) is 33.4 Å². The summed E-state index contributed by atoms with van der Waals surface area (Å²) in [6, 6.07) is 7.57. The second-order valence-electron chi connectivity index (χ2n) is 5.37. The van der Waals surface area contributed by atoms with Crippen LogP contribution in [0, 0.1) is 3.57 Å². The zero-order valence-corrected chi connectivity index (χ0v) is 14.1. The van der Waals surface area contributed by atoms with Gasteiger partial charge in [0.15, 0.2) is 0 Å². The van der Waals surface area contributed by atoms with E-state index >= 15 is 0 Å². The monoisotopic (exact) mass is 386 g/mol. The highest BCUT2D eigenvalue weighted by molar-refractivity contribution is 14.1. The van der Waals surface area contributed by atoms with Gasteiger partial charge in [0.05, 0.1) is 0 Å². The zero-order chi connectivity index (χ0) is 14.9. The predicted octanol–water partition coefficient (Wildman–Crippen LogP) is 2.31. The summed E-state index contributed by atoms with van der Waals surface area (Å²) in [6.45, 7) is 5.97. The Hall–Kier alpha value is -1.11. The van der Waals surface area contributed by atoms with Crippen LogP contribution in [0.5, 0.6) is 0 Å². The molecule has 2 rings (SSSR count). The van der Waals surface area contributed by atoms with Crippen molar-refractivity contribution in [3.8, 4) is 0 Å². The number of carbonyl (C=O) groups is 2. The van der Waals surface area contributed by atoms with E-state index < -0.39 is 11.6 Å². The minimum atomic E-state index is -0.771. The number of amides is 2. The quantitative estimate of drug-likeness (QED) is 0.811. The maximum Gasteiger partial charge on any atom is 0.246 e. The number of nitrogens with one attached hydrogen (secondary N) is 1. The summed E-state index contributed by atoms with van der Waals surface area (Å²) in [5, 5.41) is 2.76. The van der Waals surface area contributed by atoms with Crippen LogP contribution in [0.1, 0.15) is 32.8 Å². The summed E-state index contributed by atoms with van der Waals surface area (Å²) in [5.74, 6) is -0.0925. The lowest BCUT2D eigenvalue weighted by molar-refractivity contribution is -0.157. The average Bonchev–Trinajstić information content (AvgIpc) is 2.43. The highest BCUT2D eigenvalue weighted by Crippen LogP contribution is 2.27. The molecule has 0 aromatic heterocycles. The Morgan fingerprint density at radius 1 is 1.30 bits per heavy atom. The predicted molar refractivity (Wildman–Crippen MR) is 86.0 cm³/mol. The topological polar surface area (TPSA) is 49.4 Å². The number of benzene rings is 1. The van der Waals surface area contributed by atoms with Gasteiger partial charge in [-0.1, -0.05) is 19.1 Å². The van der Waals surface area contributed by atoms with E-state index in [1.807, 2.05) is 38.1 Å². The summed E-state index contributed by atoms with van der Waals surface area (Å²) < 4.78 is 1.15. The van der Waals surface area contributed by atoms with Gasteiger partial charge in [-0.2, -0.15) is 0 Å². The van der Waals surface area contributed by atoms with Gasteiger partial charge in [0, 0.05) is 10.1 Å². The van der Waals surface area contributed by atoms with E-state index in [1.54, 1.807) is 11.8 Å². The first-order valence-electron chi connectivity index (χ1n) is 6.75. The number of rotatable bonds is 3. The van der Waals surface area contributed by atoms with Crippen molar-refractivity contribution in [2.75, 3.05) is 0 Å². The van der Waals surface area contributed by atoms with E-state index in [2.05, 4.69) is 27.9 Å². The smallest absolute Gasteiger partial charge is 0.246 e. The fraction of sp³-hybridized carbons (Fsp3) is 0.467. The summed E-state index contributed by atoms with van der Waals surface area (Å²) in [5.41, 5.74) is 0.271.